The second-order valence-electron chi connectivity index (χ2n) is 3.35. The van der Waals surface area contributed by atoms with E-state index >= 15 is 0 Å². The summed E-state index contributed by atoms with van der Waals surface area (Å²) >= 11 is 3.40. The Balaban J connectivity index is 2.28. The van der Waals surface area contributed by atoms with Crippen LogP contribution in [-0.2, 0) is 10.0 Å². The highest BCUT2D eigenvalue weighted by Crippen LogP contribution is 2.20. The van der Waals surface area contributed by atoms with E-state index in [0.29, 0.717) is 5.13 Å². The van der Waals surface area contributed by atoms with Crippen LogP contribution in [0, 0.1) is 10.5 Å². The van der Waals surface area contributed by atoms with Gasteiger partial charge in [0, 0.05) is 8.95 Å². The predicted octanol–water partition coefficient (Wildman–Crippen LogP) is 2.86. The van der Waals surface area contributed by atoms with E-state index in [9.17, 15) is 8.42 Å². The number of thiazole rings is 1. The van der Waals surface area contributed by atoms with Gasteiger partial charge in [-0.1, -0.05) is 0 Å². The van der Waals surface area contributed by atoms with Gasteiger partial charge in [-0.15, -0.1) is 11.3 Å². The van der Waals surface area contributed by atoms with Crippen LogP contribution in [0.4, 0.5) is 5.13 Å². The Labute approximate surface area is 117 Å². The average Bonchev–Trinajstić information content (AvgIpc) is 2.63. The molecule has 1 aromatic carbocycles. The molecule has 0 aliphatic rings. The highest BCUT2D eigenvalue weighted by molar-refractivity contribution is 14.1. The maximum atomic E-state index is 12.0. The van der Waals surface area contributed by atoms with E-state index in [-0.39, 0.29) is 4.90 Å². The molecule has 0 radical (unpaired) electrons. The minimum absolute atomic E-state index is 0.241. The fraction of sp³-hybridized carbons (Fsp3) is 0.100. The van der Waals surface area contributed by atoms with Crippen LogP contribution in [0.1, 0.15) is 5.69 Å². The Morgan fingerprint density at radius 1 is 1.29 bits per heavy atom. The zero-order valence-electron chi connectivity index (χ0n) is 8.84. The molecule has 17 heavy (non-hydrogen) atoms. The topological polar surface area (TPSA) is 59.1 Å². The van der Waals surface area contributed by atoms with Crippen molar-refractivity contribution in [3.8, 4) is 0 Å². The molecule has 0 atom stereocenters. The summed E-state index contributed by atoms with van der Waals surface area (Å²) < 4.78 is 27.4. The maximum absolute atomic E-state index is 12.0. The van der Waals surface area contributed by atoms with E-state index in [0.717, 1.165) is 9.26 Å². The van der Waals surface area contributed by atoms with Gasteiger partial charge in [0.2, 0.25) is 0 Å². The maximum Gasteiger partial charge on any atom is 0.263 e. The van der Waals surface area contributed by atoms with E-state index in [1.807, 2.05) is 6.92 Å². The normalized spacial score (nSPS) is 11.4. The van der Waals surface area contributed by atoms with E-state index in [4.69, 9.17) is 0 Å². The summed E-state index contributed by atoms with van der Waals surface area (Å²) in [5, 5.41) is 2.19. The minimum Gasteiger partial charge on any atom is -0.255 e. The third-order valence-electron chi connectivity index (χ3n) is 1.96. The van der Waals surface area contributed by atoms with Crippen molar-refractivity contribution < 1.29 is 8.42 Å². The van der Waals surface area contributed by atoms with Crippen molar-refractivity contribution in [2.75, 3.05) is 4.72 Å². The summed E-state index contributed by atoms with van der Waals surface area (Å²) in [4.78, 5) is 4.31. The molecule has 1 aromatic heterocycles. The van der Waals surface area contributed by atoms with Crippen molar-refractivity contribution in [2.24, 2.45) is 0 Å². The van der Waals surface area contributed by atoms with E-state index in [1.165, 1.54) is 11.3 Å². The molecule has 7 heteroatoms. The lowest BCUT2D eigenvalue weighted by molar-refractivity contribution is 0.601. The number of hydrogen-bond acceptors (Lipinski definition) is 4. The molecule has 0 saturated heterocycles. The quantitative estimate of drug-likeness (QED) is 0.834. The van der Waals surface area contributed by atoms with Gasteiger partial charge in [-0.2, -0.15) is 0 Å². The molecule has 0 fully saturated rings. The van der Waals surface area contributed by atoms with Crippen LogP contribution in [0.2, 0.25) is 0 Å². The highest BCUT2D eigenvalue weighted by Gasteiger charge is 2.15. The number of benzene rings is 1. The molecule has 2 aromatic rings. The Morgan fingerprint density at radius 3 is 2.47 bits per heavy atom. The van der Waals surface area contributed by atoms with Gasteiger partial charge in [0.05, 0.1) is 10.6 Å². The smallest absolute Gasteiger partial charge is 0.255 e. The zero-order valence-corrected chi connectivity index (χ0v) is 12.6. The molecule has 0 aliphatic heterocycles. The summed E-state index contributed by atoms with van der Waals surface area (Å²) in [7, 11) is -3.52. The number of rotatable bonds is 3. The first-order valence-electron chi connectivity index (χ1n) is 4.68. The van der Waals surface area contributed by atoms with Crippen LogP contribution in [-0.4, -0.2) is 13.4 Å². The third kappa shape index (κ3) is 3.17. The Hall–Kier alpha value is -0.670. The summed E-state index contributed by atoms with van der Waals surface area (Å²) in [6, 6.07) is 6.65. The largest absolute Gasteiger partial charge is 0.263 e. The van der Waals surface area contributed by atoms with Crippen molar-refractivity contribution in [1.29, 1.82) is 0 Å². The summed E-state index contributed by atoms with van der Waals surface area (Å²) in [5.41, 5.74) is 0.801. The number of nitrogens with one attached hydrogen (secondary N) is 1. The first kappa shape index (κ1) is 12.8. The number of sulfonamides is 1. The van der Waals surface area contributed by atoms with Crippen LogP contribution in [0.5, 0.6) is 0 Å². The van der Waals surface area contributed by atoms with Crippen LogP contribution >= 0.6 is 33.9 Å². The lowest BCUT2D eigenvalue weighted by atomic mass is 10.4. The minimum atomic E-state index is -3.52. The van der Waals surface area contributed by atoms with Crippen LogP contribution in [0.25, 0.3) is 0 Å². The van der Waals surface area contributed by atoms with Crippen molar-refractivity contribution in [1.82, 2.24) is 4.98 Å². The number of aromatic nitrogens is 1. The van der Waals surface area contributed by atoms with Gasteiger partial charge in [-0.25, -0.2) is 13.4 Å². The molecule has 1 N–H and O–H groups in total. The molecule has 0 spiro atoms. The molecular formula is C10H9IN2O2S2. The fourth-order valence-corrected chi connectivity index (χ4v) is 3.49. The third-order valence-corrected chi connectivity index (χ3v) is 5.04. The first-order chi connectivity index (χ1) is 7.97. The Bertz CT molecular complexity index is 620. The van der Waals surface area contributed by atoms with Gasteiger partial charge in [-0.3, -0.25) is 4.72 Å². The van der Waals surface area contributed by atoms with Gasteiger partial charge in [0.25, 0.3) is 10.0 Å². The second-order valence-corrected chi connectivity index (χ2v) is 7.14. The highest BCUT2D eigenvalue weighted by atomic mass is 127. The second kappa shape index (κ2) is 4.91. The number of nitrogens with zero attached hydrogens (tertiary/aromatic N) is 1. The van der Waals surface area contributed by atoms with Crippen molar-refractivity contribution in [2.45, 2.75) is 11.8 Å². The molecule has 90 valence electrons. The summed E-state index contributed by atoms with van der Waals surface area (Å²) in [6.07, 6.45) is 0. The average molecular weight is 380 g/mol. The predicted molar refractivity (Wildman–Crippen MR) is 76.8 cm³/mol. The number of anilines is 1. The molecule has 0 bridgehead atoms. The first-order valence-corrected chi connectivity index (χ1v) is 8.12. The molecule has 0 aliphatic carbocycles. The fourth-order valence-electron chi connectivity index (χ4n) is 1.19. The standard InChI is InChI=1S/C10H9IN2O2S2/c1-7-6-16-10(12-7)13-17(14,15)9-4-2-8(11)3-5-9/h2-6H,1H3,(H,12,13). The van der Waals surface area contributed by atoms with Crippen molar-refractivity contribution >= 4 is 49.1 Å². The Morgan fingerprint density at radius 2 is 1.94 bits per heavy atom. The molecule has 2 rings (SSSR count). The molecular weight excluding hydrogens is 371 g/mol. The molecule has 0 saturated carbocycles. The molecule has 0 unspecified atom stereocenters. The zero-order chi connectivity index (χ0) is 12.5. The summed E-state index contributed by atoms with van der Waals surface area (Å²) in [6.45, 7) is 1.82. The van der Waals surface area contributed by atoms with Gasteiger partial charge >= 0.3 is 0 Å². The Kier molecular flexibility index (Phi) is 3.69. The number of hydrogen-bond donors (Lipinski definition) is 1. The van der Waals surface area contributed by atoms with Gasteiger partial charge in [0.15, 0.2) is 5.13 Å². The van der Waals surface area contributed by atoms with Crippen molar-refractivity contribution in [3.05, 3.63) is 38.9 Å². The van der Waals surface area contributed by atoms with Crippen LogP contribution in [0.3, 0.4) is 0 Å². The lowest BCUT2D eigenvalue weighted by Crippen LogP contribution is -2.12. The van der Waals surface area contributed by atoms with Crippen LogP contribution < -0.4 is 4.72 Å². The van der Waals surface area contributed by atoms with Gasteiger partial charge in [0.1, 0.15) is 0 Å². The van der Waals surface area contributed by atoms with E-state index < -0.39 is 10.0 Å². The number of halogens is 1. The molecule has 4 nitrogen and oxygen atoms in total. The molecule has 0 amide bonds. The number of aryl methyl sites for hydroxylation is 1. The monoisotopic (exact) mass is 380 g/mol. The SMILES string of the molecule is Cc1csc(NS(=O)(=O)c2ccc(I)cc2)n1. The van der Waals surface area contributed by atoms with E-state index in [1.54, 1.807) is 29.6 Å². The lowest BCUT2D eigenvalue weighted by Gasteiger charge is -2.04. The van der Waals surface area contributed by atoms with Gasteiger partial charge in [-0.05, 0) is 53.8 Å². The van der Waals surface area contributed by atoms with Gasteiger partial charge < -0.3 is 0 Å². The summed E-state index contributed by atoms with van der Waals surface area (Å²) in [5.74, 6) is 0. The van der Waals surface area contributed by atoms with Crippen molar-refractivity contribution in [3.63, 3.8) is 0 Å². The van der Waals surface area contributed by atoms with Crippen LogP contribution in [0.15, 0.2) is 34.5 Å². The molecule has 1 heterocycles. The van der Waals surface area contributed by atoms with E-state index in [2.05, 4.69) is 32.3 Å².